The van der Waals surface area contributed by atoms with Crippen LogP contribution in [0.25, 0.3) is 11.2 Å². The molecule has 0 fully saturated rings. The monoisotopic (exact) mass is 209 g/mol. The van der Waals surface area contributed by atoms with Gasteiger partial charge in [0.15, 0.2) is 11.2 Å². The van der Waals surface area contributed by atoms with Crippen LogP contribution in [-0.2, 0) is 4.74 Å². The highest BCUT2D eigenvalue weighted by Crippen LogP contribution is 2.05. The summed E-state index contributed by atoms with van der Waals surface area (Å²) in [6.45, 7) is 0. The molecule has 0 unspecified atom stereocenters. The quantitative estimate of drug-likeness (QED) is 0.518. The number of hydrogen-bond acceptors (Lipinski definition) is 6. The van der Waals surface area contributed by atoms with Gasteiger partial charge in [-0.05, 0) is 0 Å². The van der Waals surface area contributed by atoms with Crippen molar-refractivity contribution in [2.75, 3.05) is 12.8 Å². The number of nitrogens with one attached hydrogen (secondary N) is 2. The first-order valence-corrected chi connectivity index (χ1v) is 3.95. The maximum atomic E-state index is 11.3. The molecule has 4 N–H and O–H groups in total. The van der Waals surface area contributed by atoms with E-state index in [1.165, 1.54) is 7.11 Å². The Morgan fingerprint density at radius 1 is 1.40 bits per heavy atom. The molecule has 0 spiro atoms. The lowest BCUT2D eigenvalue weighted by molar-refractivity contribution is 0.0588. The molecule has 0 aliphatic rings. The lowest BCUT2D eigenvalue weighted by Crippen LogP contribution is -2.11. The zero-order valence-electron chi connectivity index (χ0n) is 7.70. The van der Waals surface area contributed by atoms with Crippen LogP contribution in [0.1, 0.15) is 10.6 Å². The number of methoxy groups -OCH3 is 1. The van der Waals surface area contributed by atoms with Crippen molar-refractivity contribution in [2.24, 2.45) is 0 Å². The van der Waals surface area contributed by atoms with Crippen molar-refractivity contribution in [1.82, 2.24) is 19.9 Å². The third-order valence-corrected chi connectivity index (χ3v) is 1.76. The van der Waals surface area contributed by atoms with Crippen LogP contribution in [0.2, 0.25) is 0 Å². The summed E-state index contributed by atoms with van der Waals surface area (Å²) in [5.41, 5.74) is 4.99. The first-order valence-electron chi connectivity index (χ1n) is 3.95. The summed E-state index contributed by atoms with van der Waals surface area (Å²) in [5, 5.41) is 0. The van der Waals surface area contributed by atoms with Gasteiger partial charge in [-0.3, -0.25) is 9.78 Å². The third kappa shape index (κ3) is 1.41. The Balaban J connectivity index is 2.71. The average molecular weight is 209 g/mol. The molecule has 0 saturated carbocycles. The van der Waals surface area contributed by atoms with Gasteiger partial charge in [0.05, 0.1) is 7.11 Å². The predicted octanol–water partition coefficient (Wildman–Crippen LogP) is -0.985. The third-order valence-electron chi connectivity index (χ3n) is 1.76. The lowest BCUT2D eigenvalue weighted by Gasteiger charge is -1.89. The summed E-state index contributed by atoms with van der Waals surface area (Å²) in [6.07, 6.45) is 0. The highest BCUT2D eigenvalue weighted by Gasteiger charge is 2.14. The van der Waals surface area contributed by atoms with Gasteiger partial charge in [0, 0.05) is 0 Å². The van der Waals surface area contributed by atoms with Crippen molar-refractivity contribution in [2.45, 2.75) is 0 Å². The minimum atomic E-state index is -0.675. The number of carbonyl (C=O) groups is 1. The number of anilines is 1. The van der Waals surface area contributed by atoms with E-state index in [-0.39, 0.29) is 22.9 Å². The van der Waals surface area contributed by atoms with E-state index >= 15 is 0 Å². The van der Waals surface area contributed by atoms with Crippen molar-refractivity contribution in [3.8, 4) is 0 Å². The minimum absolute atomic E-state index is 0.0598. The molecule has 0 atom stereocenters. The molecule has 0 amide bonds. The standard InChI is InChI=1S/C7H7N5O3/c1-15-6(14)4-9-2-3(10-4)11-7(8)12-5(2)13/h1H3,(H4,8,9,10,11,12,13). The Morgan fingerprint density at radius 2 is 2.13 bits per heavy atom. The molecular formula is C7H7N5O3. The summed E-state index contributed by atoms with van der Waals surface area (Å²) in [7, 11) is 1.21. The summed E-state index contributed by atoms with van der Waals surface area (Å²) in [6, 6.07) is 0. The molecule has 2 aromatic rings. The van der Waals surface area contributed by atoms with E-state index in [0.29, 0.717) is 0 Å². The zero-order chi connectivity index (χ0) is 11.0. The van der Waals surface area contributed by atoms with E-state index in [9.17, 15) is 9.59 Å². The second kappa shape index (κ2) is 3.08. The van der Waals surface area contributed by atoms with Crippen LogP contribution in [0.5, 0.6) is 0 Å². The van der Waals surface area contributed by atoms with Gasteiger partial charge in [-0.15, -0.1) is 0 Å². The van der Waals surface area contributed by atoms with Gasteiger partial charge in [0.2, 0.25) is 11.8 Å². The van der Waals surface area contributed by atoms with Crippen LogP contribution in [-0.4, -0.2) is 33.0 Å². The fraction of sp³-hybridized carbons (Fsp3) is 0.143. The number of ether oxygens (including phenoxy) is 1. The number of H-pyrrole nitrogens is 2. The molecule has 2 aromatic heterocycles. The molecule has 8 heteroatoms. The highest BCUT2D eigenvalue weighted by atomic mass is 16.5. The van der Waals surface area contributed by atoms with Crippen molar-refractivity contribution >= 4 is 23.1 Å². The fourth-order valence-electron chi connectivity index (χ4n) is 1.12. The molecule has 0 aromatic carbocycles. The SMILES string of the molecule is COC(=O)c1nc2nc(N)[nH]c(=O)c2[nH]1. The molecule has 2 heterocycles. The zero-order valence-corrected chi connectivity index (χ0v) is 7.70. The molecular weight excluding hydrogens is 202 g/mol. The van der Waals surface area contributed by atoms with E-state index < -0.39 is 11.5 Å². The largest absolute Gasteiger partial charge is 0.463 e. The van der Waals surface area contributed by atoms with Crippen molar-refractivity contribution in [3.63, 3.8) is 0 Å². The summed E-state index contributed by atoms with van der Waals surface area (Å²) in [4.78, 5) is 34.7. The average Bonchev–Trinajstić information content (AvgIpc) is 2.60. The Morgan fingerprint density at radius 3 is 2.80 bits per heavy atom. The predicted molar refractivity (Wildman–Crippen MR) is 50.3 cm³/mol. The van der Waals surface area contributed by atoms with E-state index in [0.717, 1.165) is 0 Å². The number of imidazole rings is 1. The second-order valence-corrected chi connectivity index (χ2v) is 2.73. The van der Waals surface area contributed by atoms with E-state index in [2.05, 4.69) is 24.7 Å². The molecule has 0 radical (unpaired) electrons. The molecule has 0 aliphatic heterocycles. The van der Waals surface area contributed by atoms with Crippen LogP contribution < -0.4 is 11.3 Å². The highest BCUT2D eigenvalue weighted by molar-refractivity contribution is 5.89. The van der Waals surface area contributed by atoms with Gasteiger partial charge in [-0.1, -0.05) is 0 Å². The minimum Gasteiger partial charge on any atom is -0.463 e. The number of hydrogen-bond donors (Lipinski definition) is 3. The number of rotatable bonds is 1. The number of nitrogens with zero attached hydrogens (tertiary/aromatic N) is 2. The number of carbonyl (C=O) groups excluding carboxylic acids is 1. The van der Waals surface area contributed by atoms with Crippen molar-refractivity contribution in [3.05, 3.63) is 16.2 Å². The number of esters is 1. The number of fused-ring (bicyclic) bond motifs is 1. The van der Waals surface area contributed by atoms with Gasteiger partial charge in [0.1, 0.15) is 0 Å². The molecule has 0 saturated heterocycles. The molecule has 2 rings (SSSR count). The van der Waals surface area contributed by atoms with Crippen LogP contribution in [0.4, 0.5) is 5.95 Å². The van der Waals surface area contributed by atoms with Gasteiger partial charge >= 0.3 is 5.97 Å². The fourth-order valence-corrected chi connectivity index (χ4v) is 1.12. The van der Waals surface area contributed by atoms with Crippen LogP contribution in [0, 0.1) is 0 Å². The van der Waals surface area contributed by atoms with E-state index in [1.54, 1.807) is 0 Å². The van der Waals surface area contributed by atoms with E-state index in [1.807, 2.05) is 0 Å². The van der Waals surface area contributed by atoms with Crippen LogP contribution in [0.3, 0.4) is 0 Å². The first-order chi connectivity index (χ1) is 7.11. The first kappa shape index (κ1) is 9.19. The number of nitrogen functional groups attached to an aromatic ring is 1. The van der Waals surface area contributed by atoms with Crippen molar-refractivity contribution < 1.29 is 9.53 Å². The van der Waals surface area contributed by atoms with Gasteiger partial charge in [-0.2, -0.15) is 4.98 Å². The van der Waals surface area contributed by atoms with Gasteiger partial charge < -0.3 is 15.5 Å². The molecule has 8 nitrogen and oxygen atoms in total. The Kier molecular flexibility index (Phi) is 1.89. The topological polar surface area (TPSA) is 127 Å². The Hall–Kier alpha value is -2.38. The van der Waals surface area contributed by atoms with Gasteiger partial charge in [0.25, 0.3) is 5.56 Å². The van der Waals surface area contributed by atoms with Crippen LogP contribution in [0.15, 0.2) is 4.79 Å². The number of nitrogens with two attached hydrogens (primary N) is 1. The Labute approximate surface area is 82.5 Å². The molecule has 0 bridgehead atoms. The van der Waals surface area contributed by atoms with E-state index in [4.69, 9.17) is 5.73 Å². The van der Waals surface area contributed by atoms with Gasteiger partial charge in [-0.25, -0.2) is 9.78 Å². The molecule has 15 heavy (non-hydrogen) atoms. The molecule has 0 aliphatic carbocycles. The van der Waals surface area contributed by atoms with Crippen LogP contribution >= 0.6 is 0 Å². The maximum absolute atomic E-state index is 11.3. The van der Waals surface area contributed by atoms with Crippen molar-refractivity contribution in [1.29, 1.82) is 0 Å². The smallest absolute Gasteiger partial charge is 0.374 e. The Bertz CT molecular complexity index is 584. The normalized spacial score (nSPS) is 10.5. The second-order valence-electron chi connectivity index (χ2n) is 2.73. The lowest BCUT2D eigenvalue weighted by atomic mass is 10.5. The number of aromatic amines is 2. The maximum Gasteiger partial charge on any atom is 0.374 e. The summed E-state index contributed by atoms with van der Waals surface area (Å²) < 4.78 is 4.43. The summed E-state index contributed by atoms with van der Waals surface area (Å²) >= 11 is 0. The summed E-state index contributed by atoms with van der Waals surface area (Å²) in [5.74, 6) is -0.822. The number of aromatic nitrogens is 4. The molecule has 78 valence electrons.